The third-order valence-corrected chi connectivity index (χ3v) is 4.93. The van der Waals surface area contributed by atoms with Crippen molar-refractivity contribution in [2.75, 3.05) is 31.6 Å². The van der Waals surface area contributed by atoms with Crippen LogP contribution in [0.1, 0.15) is 44.0 Å². The fraction of sp³-hybridized carbons (Fsp3) is 0.550. The van der Waals surface area contributed by atoms with Crippen LogP contribution in [0.5, 0.6) is 11.5 Å². The normalized spacial score (nSPS) is 18.6. The molecule has 0 unspecified atom stereocenters. The van der Waals surface area contributed by atoms with Crippen molar-refractivity contribution in [2.45, 2.75) is 45.3 Å². The van der Waals surface area contributed by atoms with E-state index in [-0.39, 0.29) is 35.6 Å². The molecule has 0 radical (unpaired) electrons. The fourth-order valence-corrected chi connectivity index (χ4v) is 3.67. The highest BCUT2D eigenvalue weighted by atomic mass is 16.6. The molecule has 2 N–H and O–H groups in total. The van der Waals surface area contributed by atoms with E-state index >= 15 is 0 Å². The number of anilines is 1. The van der Waals surface area contributed by atoms with Crippen molar-refractivity contribution in [3.63, 3.8) is 0 Å². The molecule has 1 atom stereocenters. The number of hydrogen-bond donors (Lipinski definition) is 2. The molecule has 0 saturated carbocycles. The summed E-state index contributed by atoms with van der Waals surface area (Å²) in [6, 6.07) is 2.70. The van der Waals surface area contributed by atoms with E-state index in [0.717, 1.165) is 12.8 Å². The average Bonchev–Trinajstić information content (AvgIpc) is 3.06. The summed E-state index contributed by atoms with van der Waals surface area (Å²) >= 11 is 0. The lowest BCUT2D eigenvalue weighted by Crippen LogP contribution is -2.46. The van der Waals surface area contributed by atoms with Crippen molar-refractivity contribution >= 4 is 23.6 Å². The van der Waals surface area contributed by atoms with Crippen LogP contribution in [0.2, 0.25) is 0 Å². The van der Waals surface area contributed by atoms with Crippen molar-refractivity contribution in [1.29, 1.82) is 0 Å². The first kappa shape index (κ1) is 20.8. The number of alkyl carbamates (subject to hydrolysis) is 1. The average molecular weight is 405 g/mol. The van der Waals surface area contributed by atoms with Crippen LogP contribution < -0.4 is 15.0 Å². The minimum absolute atomic E-state index is 0.117. The van der Waals surface area contributed by atoms with Crippen LogP contribution in [0.4, 0.5) is 10.5 Å². The summed E-state index contributed by atoms with van der Waals surface area (Å²) in [4.78, 5) is 41.1. The lowest BCUT2D eigenvalue weighted by Gasteiger charge is -2.27. The summed E-state index contributed by atoms with van der Waals surface area (Å²) in [7, 11) is 1.40. The van der Waals surface area contributed by atoms with Gasteiger partial charge < -0.3 is 29.7 Å². The predicted octanol–water partition coefficient (Wildman–Crippen LogP) is 1.88. The Hall–Kier alpha value is -2.97. The number of benzene rings is 1. The Balaban J connectivity index is 1.88. The van der Waals surface area contributed by atoms with Crippen molar-refractivity contribution in [1.82, 2.24) is 10.2 Å². The fourth-order valence-electron chi connectivity index (χ4n) is 3.67. The van der Waals surface area contributed by atoms with Gasteiger partial charge in [0.25, 0.3) is 5.91 Å². The Bertz CT molecular complexity index is 832. The van der Waals surface area contributed by atoms with Crippen molar-refractivity contribution in [3.05, 3.63) is 17.7 Å². The monoisotopic (exact) mass is 405 g/mol. The van der Waals surface area contributed by atoms with Crippen molar-refractivity contribution < 1.29 is 29.0 Å². The van der Waals surface area contributed by atoms with Crippen LogP contribution in [0.25, 0.3) is 0 Å². The number of nitrogens with zero attached hydrogens (tertiary/aromatic N) is 2. The lowest BCUT2D eigenvalue weighted by atomic mass is 10.1. The van der Waals surface area contributed by atoms with E-state index in [1.54, 1.807) is 25.7 Å². The number of rotatable bonds is 3. The largest absolute Gasteiger partial charge is 0.504 e. The van der Waals surface area contributed by atoms with Crippen LogP contribution in [0, 0.1) is 0 Å². The Morgan fingerprint density at radius 3 is 2.69 bits per heavy atom. The second kappa shape index (κ2) is 7.81. The van der Waals surface area contributed by atoms with Gasteiger partial charge in [0.2, 0.25) is 5.91 Å². The van der Waals surface area contributed by atoms with E-state index in [0.29, 0.717) is 18.8 Å². The number of phenolic OH excluding ortho intramolecular Hbond substituents is 1. The van der Waals surface area contributed by atoms with Gasteiger partial charge >= 0.3 is 6.09 Å². The van der Waals surface area contributed by atoms with Gasteiger partial charge in [-0.2, -0.15) is 0 Å². The van der Waals surface area contributed by atoms with Crippen LogP contribution in [-0.2, 0) is 9.53 Å². The molecule has 2 aliphatic heterocycles. The first-order chi connectivity index (χ1) is 13.6. The van der Waals surface area contributed by atoms with Crippen LogP contribution in [0.15, 0.2) is 12.1 Å². The summed E-state index contributed by atoms with van der Waals surface area (Å²) in [5, 5.41) is 12.7. The maximum atomic E-state index is 13.0. The Morgan fingerprint density at radius 2 is 2.03 bits per heavy atom. The molecule has 0 spiro atoms. The van der Waals surface area contributed by atoms with Crippen LogP contribution in [0.3, 0.4) is 0 Å². The summed E-state index contributed by atoms with van der Waals surface area (Å²) < 4.78 is 10.3. The van der Waals surface area contributed by atoms with Crippen molar-refractivity contribution in [3.8, 4) is 11.5 Å². The Morgan fingerprint density at radius 1 is 1.31 bits per heavy atom. The van der Waals surface area contributed by atoms with E-state index in [2.05, 4.69) is 5.32 Å². The predicted molar refractivity (Wildman–Crippen MR) is 105 cm³/mol. The van der Waals surface area contributed by atoms with E-state index in [9.17, 15) is 19.5 Å². The Kier molecular flexibility index (Phi) is 5.59. The van der Waals surface area contributed by atoms with Crippen LogP contribution >= 0.6 is 0 Å². The molecule has 29 heavy (non-hydrogen) atoms. The second-order valence-corrected chi connectivity index (χ2v) is 8.20. The number of methoxy groups -OCH3 is 1. The SMILES string of the molecule is COc1cc2c(cc1O)N(C(=O)CNC(=O)OC(C)(C)C)C[C@@H]1CCCN1C2=O. The number of phenols is 1. The molecule has 0 aliphatic carbocycles. The van der Waals surface area contributed by atoms with E-state index in [1.807, 2.05) is 0 Å². The van der Waals surface area contributed by atoms with Gasteiger partial charge in [0.05, 0.1) is 24.4 Å². The zero-order valence-electron chi connectivity index (χ0n) is 17.2. The number of fused-ring (bicyclic) bond motifs is 2. The molecule has 1 aromatic carbocycles. The highest BCUT2D eigenvalue weighted by Gasteiger charge is 2.38. The summed E-state index contributed by atoms with van der Waals surface area (Å²) in [6.45, 7) is 5.81. The first-order valence-corrected chi connectivity index (χ1v) is 9.60. The minimum Gasteiger partial charge on any atom is -0.504 e. The van der Waals surface area contributed by atoms with Gasteiger partial charge in [0, 0.05) is 19.2 Å². The summed E-state index contributed by atoms with van der Waals surface area (Å²) in [5.41, 5.74) is -0.0880. The Labute approximate surface area is 169 Å². The molecular formula is C20H27N3O6. The highest BCUT2D eigenvalue weighted by molar-refractivity contribution is 6.07. The molecule has 1 aromatic rings. The van der Waals surface area contributed by atoms with Crippen molar-refractivity contribution in [2.24, 2.45) is 0 Å². The quantitative estimate of drug-likeness (QED) is 0.795. The molecule has 9 heteroatoms. The number of carbonyl (C=O) groups excluding carboxylic acids is 3. The third kappa shape index (κ3) is 4.38. The number of amides is 3. The van der Waals surface area contributed by atoms with Gasteiger partial charge in [0.1, 0.15) is 12.1 Å². The molecule has 2 aliphatic rings. The minimum atomic E-state index is -0.697. The first-order valence-electron chi connectivity index (χ1n) is 9.60. The van der Waals surface area contributed by atoms with Gasteiger partial charge in [-0.25, -0.2) is 4.79 Å². The lowest BCUT2D eigenvalue weighted by molar-refractivity contribution is -0.118. The zero-order chi connectivity index (χ0) is 21.3. The molecule has 0 aromatic heterocycles. The second-order valence-electron chi connectivity index (χ2n) is 8.20. The number of carbonyl (C=O) groups is 3. The zero-order valence-corrected chi connectivity index (χ0v) is 17.2. The van der Waals surface area contributed by atoms with E-state index < -0.39 is 17.6 Å². The molecule has 3 amide bonds. The number of hydrogen-bond acceptors (Lipinski definition) is 6. The molecule has 9 nitrogen and oxygen atoms in total. The van der Waals surface area contributed by atoms with Crippen LogP contribution in [-0.4, -0.2) is 66.3 Å². The third-order valence-electron chi connectivity index (χ3n) is 4.93. The standard InChI is InChI=1S/C20H27N3O6/c1-20(2,3)29-19(27)21-10-17(25)23-11-12-6-5-7-22(12)18(26)13-8-16(28-4)15(24)9-14(13)23/h8-9,12,24H,5-7,10-11H2,1-4H3,(H,21,27)/t12-/m0/s1. The van der Waals surface area contributed by atoms with Gasteiger partial charge in [-0.05, 0) is 39.7 Å². The van der Waals surface area contributed by atoms with Gasteiger partial charge in [0.15, 0.2) is 11.5 Å². The molecule has 1 fully saturated rings. The molecule has 158 valence electrons. The maximum absolute atomic E-state index is 13.0. The smallest absolute Gasteiger partial charge is 0.408 e. The molecule has 1 saturated heterocycles. The molecule has 2 heterocycles. The summed E-state index contributed by atoms with van der Waals surface area (Å²) in [6.07, 6.45) is 0.947. The van der Waals surface area contributed by atoms with Gasteiger partial charge in [-0.15, -0.1) is 0 Å². The molecule has 3 rings (SSSR count). The molecule has 0 bridgehead atoms. The number of nitrogens with one attached hydrogen (secondary N) is 1. The maximum Gasteiger partial charge on any atom is 0.408 e. The number of aromatic hydroxyl groups is 1. The van der Waals surface area contributed by atoms with E-state index in [1.165, 1.54) is 24.1 Å². The van der Waals surface area contributed by atoms with Gasteiger partial charge in [-0.1, -0.05) is 0 Å². The van der Waals surface area contributed by atoms with E-state index in [4.69, 9.17) is 9.47 Å². The molecular weight excluding hydrogens is 378 g/mol. The summed E-state index contributed by atoms with van der Waals surface area (Å²) in [5.74, 6) is -0.604. The van der Waals surface area contributed by atoms with Gasteiger partial charge in [-0.3, -0.25) is 9.59 Å². The highest BCUT2D eigenvalue weighted by Crippen LogP contribution is 2.38. The number of ether oxygens (including phenoxy) is 2. The topological polar surface area (TPSA) is 108 Å².